The summed E-state index contributed by atoms with van der Waals surface area (Å²) in [5.74, 6) is -1.43. The van der Waals surface area contributed by atoms with E-state index >= 15 is 0 Å². The normalized spacial score (nSPS) is 14.1. The molecule has 0 heterocycles. The number of carbonyl (C=O) groups is 4. The third-order valence-corrected chi connectivity index (χ3v) is 18.2. The molecule has 0 amide bonds. The minimum atomic E-state index is -4.95. The summed E-state index contributed by atoms with van der Waals surface area (Å²) in [4.78, 5) is 72.4. The number of rotatable bonds is 70. The lowest BCUT2D eigenvalue weighted by atomic mass is 10.0. The molecule has 0 aromatic rings. The van der Waals surface area contributed by atoms with E-state index < -0.39 is 97.5 Å². The summed E-state index contributed by atoms with van der Waals surface area (Å²) >= 11 is 0. The Balaban J connectivity index is 5.21. The number of phosphoric ester groups is 2. The third kappa shape index (κ3) is 64.6. The molecule has 0 aromatic carbocycles. The number of esters is 4. The van der Waals surface area contributed by atoms with Gasteiger partial charge in [0.15, 0.2) is 12.2 Å². The number of aliphatic hydroxyl groups excluding tert-OH is 1. The van der Waals surface area contributed by atoms with E-state index in [9.17, 15) is 43.2 Å². The minimum Gasteiger partial charge on any atom is -0.462 e. The molecular weight excluding hydrogens is 1170 g/mol. The van der Waals surface area contributed by atoms with Crippen LogP contribution in [0.25, 0.3) is 0 Å². The lowest BCUT2D eigenvalue weighted by Gasteiger charge is -2.21. The van der Waals surface area contributed by atoms with Crippen LogP contribution in [-0.2, 0) is 65.4 Å². The minimum absolute atomic E-state index is 0.104. The molecule has 0 aliphatic carbocycles. The Hall–Kier alpha value is -1.94. The van der Waals surface area contributed by atoms with E-state index in [2.05, 4.69) is 34.6 Å². The van der Waals surface area contributed by atoms with Gasteiger partial charge in [0.05, 0.1) is 26.4 Å². The van der Waals surface area contributed by atoms with Crippen molar-refractivity contribution in [2.45, 2.75) is 380 Å². The maximum atomic E-state index is 13.0. The number of hydrogen-bond acceptors (Lipinski definition) is 15. The quantitative estimate of drug-likeness (QED) is 0.0222. The zero-order chi connectivity index (χ0) is 65.6. The van der Waals surface area contributed by atoms with Crippen LogP contribution in [0.5, 0.6) is 0 Å². The van der Waals surface area contributed by atoms with Crippen molar-refractivity contribution in [2.24, 2.45) is 5.92 Å². The lowest BCUT2D eigenvalue weighted by molar-refractivity contribution is -0.161. The first-order valence-electron chi connectivity index (χ1n) is 36.6. The SMILES string of the molecule is CCCCCCCCCCCCCCCCCCC(=O)O[C@H](COC(=O)CCCCCCCCCCCCCCCCC)COP(=O)(O)OC[C@@H](O)COP(=O)(O)OC[C@@H](COC(=O)CCCCCCCCCC)OC(=O)CCCCCCCCCC(C)C. The van der Waals surface area contributed by atoms with Crippen LogP contribution in [0.4, 0.5) is 0 Å². The average molecular weight is 1310 g/mol. The van der Waals surface area contributed by atoms with E-state index in [0.29, 0.717) is 31.6 Å². The number of carbonyl (C=O) groups excluding carboxylic acids is 4. The average Bonchev–Trinajstić information content (AvgIpc) is 3.67. The smallest absolute Gasteiger partial charge is 0.462 e. The van der Waals surface area contributed by atoms with Gasteiger partial charge >= 0.3 is 39.5 Å². The largest absolute Gasteiger partial charge is 0.472 e. The lowest BCUT2D eigenvalue weighted by Crippen LogP contribution is -2.30. The molecule has 0 aliphatic rings. The highest BCUT2D eigenvalue weighted by Crippen LogP contribution is 2.45. The standard InChI is InChI=1S/C70H136O17P2/c1-6-9-12-15-18-21-23-25-27-29-31-33-35-40-45-50-55-69(74)86-65(60-81-68(73)54-49-44-39-34-32-30-28-26-24-22-19-16-13-10-7-2)61-84-88(76,77)82-57-64(71)58-83-89(78,79)85-62-66(59-80-67(72)53-48-43-38-20-17-14-11-8-3)87-70(75)56-51-46-41-36-37-42-47-52-63(4)5/h63-66,71H,6-62H2,1-5H3,(H,76,77)(H,78,79)/t64-,65-,66-/m1/s1. The molecule has 0 bridgehead atoms. The van der Waals surface area contributed by atoms with Gasteiger partial charge in [0.2, 0.25) is 0 Å². The Kier molecular flexibility index (Phi) is 62.1. The van der Waals surface area contributed by atoms with Gasteiger partial charge in [0, 0.05) is 25.7 Å². The van der Waals surface area contributed by atoms with Gasteiger partial charge in [-0.25, -0.2) is 9.13 Å². The van der Waals surface area contributed by atoms with Crippen molar-refractivity contribution in [3.8, 4) is 0 Å². The van der Waals surface area contributed by atoms with Crippen LogP contribution >= 0.6 is 15.6 Å². The van der Waals surface area contributed by atoms with Crippen LogP contribution in [0.1, 0.15) is 362 Å². The summed E-state index contributed by atoms with van der Waals surface area (Å²) < 4.78 is 68.2. The van der Waals surface area contributed by atoms with Crippen molar-refractivity contribution in [1.29, 1.82) is 0 Å². The first-order chi connectivity index (χ1) is 43.0. The van der Waals surface area contributed by atoms with Gasteiger partial charge in [0.25, 0.3) is 0 Å². The van der Waals surface area contributed by atoms with E-state index in [-0.39, 0.29) is 25.7 Å². The highest BCUT2D eigenvalue weighted by atomic mass is 31.2. The second kappa shape index (κ2) is 63.5. The predicted molar refractivity (Wildman–Crippen MR) is 358 cm³/mol. The molecule has 0 spiro atoms. The Morgan fingerprint density at radius 3 is 0.764 bits per heavy atom. The highest BCUT2D eigenvalue weighted by molar-refractivity contribution is 7.47. The van der Waals surface area contributed by atoms with Crippen LogP contribution in [0.3, 0.4) is 0 Å². The fraction of sp³-hybridized carbons (Fsp3) is 0.943. The van der Waals surface area contributed by atoms with Crippen LogP contribution in [0, 0.1) is 5.92 Å². The topological polar surface area (TPSA) is 237 Å². The van der Waals surface area contributed by atoms with Crippen molar-refractivity contribution < 1.29 is 80.2 Å². The molecule has 17 nitrogen and oxygen atoms in total. The van der Waals surface area contributed by atoms with Gasteiger partial charge in [-0.3, -0.25) is 37.3 Å². The maximum absolute atomic E-state index is 13.0. The molecule has 0 aromatic heterocycles. The Morgan fingerprint density at radius 1 is 0.303 bits per heavy atom. The summed E-state index contributed by atoms with van der Waals surface area (Å²) in [6.45, 7) is 7.16. The number of hydrogen-bond donors (Lipinski definition) is 3. The van der Waals surface area contributed by atoms with Gasteiger partial charge in [-0.1, -0.05) is 311 Å². The van der Waals surface area contributed by atoms with Crippen LogP contribution in [-0.4, -0.2) is 96.7 Å². The fourth-order valence-electron chi connectivity index (χ4n) is 10.6. The summed E-state index contributed by atoms with van der Waals surface area (Å²) in [6, 6.07) is 0. The van der Waals surface area contributed by atoms with E-state index in [1.54, 1.807) is 0 Å². The van der Waals surface area contributed by atoms with Crippen molar-refractivity contribution >= 4 is 39.5 Å². The Bertz CT molecular complexity index is 1720. The Labute approximate surface area is 543 Å². The number of aliphatic hydroxyl groups is 1. The first kappa shape index (κ1) is 87.1. The van der Waals surface area contributed by atoms with Gasteiger partial charge in [0.1, 0.15) is 19.3 Å². The molecular formula is C70H136O17P2. The van der Waals surface area contributed by atoms with Crippen molar-refractivity contribution in [3.05, 3.63) is 0 Å². The van der Waals surface area contributed by atoms with Crippen molar-refractivity contribution in [3.63, 3.8) is 0 Å². The number of ether oxygens (including phenoxy) is 4. The zero-order valence-electron chi connectivity index (χ0n) is 57.6. The van der Waals surface area contributed by atoms with E-state index in [0.717, 1.165) is 96.3 Å². The molecule has 89 heavy (non-hydrogen) atoms. The molecule has 19 heteroatoms. The number of unbranched alkanes of at least 4 members (excludes halogenated alkanes) is 42. The van der Waals surface area contributed by atoms with E-state index in [4.69, 9.17) is 37.0 Å². The monoisotopic (exact) mass is 1310 g/mol. The predicted octanol–water partition coefficient (Wildman–Crippen LogP) is 20.1. The van der Waals surface area contributed by atoms with Gasteiger partial charge in [-0.15, -0.1) is 0 Å². The second-order valence-electron chi connectivity index (χ2n) is 25.7. The molecule has 528 valence electrons. The van der Waals surface area contributed by atoms with Gasteiger partial charge in [-0.2, -0.15) is 0 Å². The molecule has 0 saturated carbocycles. The molecule has 0 radical (unpaired) electrons. The van der Waals surface area contributed by atoms with Crippen LogP contribution in [0.2, 0.25) is 0 Å². The van der Waals surface area contributed by atoms with Crippen molar-refractivity contribution in [1.82, 2.24) is 0 Å². The maximum Gasteiger partial charge on any atom is 0.472 e. The molecule has 5 atom stereocenters. The summed E-state index contributed by atoms with van der Waals surface area (Å²) in [7, 11) is -9.89. The Morgan fingerprint density at radius 2 is 0.517 bits per heavy atom. The summed E-state index contributed by atoms with van der Waals surface area (Å²) in [5, 5.41) is 10.6. The van der Waals surface area contributed by atoms with Gasteiger partial charge < -0.3 is 33.8 Å². The second-order valence-corrected chi connectivity index (χ2v) is 28.7. The molecule has 0 rings (SSSR count). The van der Waals surface area contributed by atoms with E-state index in [1.807, 2.05) is 0 Å². The molecule has 0 saturated heterocycles. The van der Waals surface area contributed by atoms with E-state index in [1.165, 1.54) is 180 Å². The zero-order valence-corrected chi connectivity index (χ0v) is 59.4. The fourth-order valence-corrected chi connectivity index (χ4v) is 12.2. The molecule has 2 unspecified atom stereocenters. The summed E-state index contributed by atoms with van der Waals surface area (Å²) in [5.41, 5.74) is 0. The van der Waals surface area contributed by atoms with Crippen LogP contribution in [0.15, 0.2) is 0 Å². The first-order valence-corrected chi connectivity index (χ1v) is 39.6. The summed E-state index contributed by atoms with van der Waals surface area (Å²) in [6.07, 6.45) is 50.1. The highest BCUT2D eigenvalue weighted by Gasteiger charge is 2.30. The van der Waals surface area contributed by atoms with Crippen molar-refractivity contribution in [2.75, 3.05) is 39.6 Å². The molecule has 0 fully saturated rings. The van der Waals surface area contributed by atoms with Gasteiger partial charge in [-0.05, 0) is 31.6 Å². The number of phosphoric acid groups is 2. The molecule has 0 aliphatic heterocycles. The third-order valence-electron chi connectivity index (χ3n) is 16.3. The molecule has 3 N–H and O–H groups in total. The van der Waals surface area contributed by atoms with Crippen LogP contribution < -0.4 is 0 Å².